The Morgan fingerprint density at radius 1 is 0.679 bits per heavy atom. The highest BCUT2D eigenvalue weighted by Crippen LogP contribution is 2.49. The van der Waals surface area contributed by atoms with Gasteiger partial charge < -0.3 is 14.4 Å². The predicted octanol–water partition coefficient (Wildman–Crippen LogP) is 9.29. The second kappa shape index (κ2) is 16.3. The van der Waals surface area contributed by atoms with Crippen molar-refractivity contribution >= 4 is 37.2 Å². The zero-order valence-corrected chi connectivity index (χ0v) is 35.6. The maximum absolute atomic E-state index is 14.4. The van der Waals surface area contributed by atoms with Crippen LogP contribution in [0.4, 0.5) is 11.4 Å². The first-order valence-electron chi connectivity index (χ1n) is 19.9. The standard InChI is InChI=1S/C46H57N3O5S2/c1-8-9-14-31-48-40-19-12-10-17-38(40)45(3,4)42(48)29-25-35-23-24-36(44(35)47(7)56(53,54)37-27-21-34(2)22-28-37)26-30-43-46(5,6)39-18-11-13-20-41(39)49(43)32-15-16-33-55(50,51)52/h10-13,17-22,25-30H,8-9,14-16,23-24,31-33H2,1-7H3. The van der Waals surface area contributed by atoms with Crippen molar-refractivity contribution in [2.75, 3.05) is 35.7 Å². The van der Waals surface area contributed by atoms with Gasteiger partial charge in [-0.2, -0.15) is 8.42 Å². The van der Waals surface area contributed by atoms with Gasteiger partial charge in [0, 0.05) is 63.6 Å². The number of hydrogen-bond acceptors (Lipinski definition) is 7. The zero-order valence-electron chi connectivity index (χ0n) is 34.0. The van der Waals surface area contributed by atoms with Crippen LogP contribution in [-0.4, -0.2) is 57.0 Å². The van der Waals surface area contributed by atoms with E-state index in [2.05, 4.69) is 105 Å². The summed E-state index contributed by atoms with van der Waals surface area (Å²) in [6, 6.07) is 23.9. The van der Waals surface area contributed by atoms with Crippen molar-refractivity contribution in [2.45, 2.75) is 102 Å². The summed E-state index contributed by atoms with van der Waals surface area (Å²) in [6.07, 6.45) is 14.1. The molecule has 0 aromatic heterocycles. The van der Waals surface area contributed by atoms with Gasteiger partial charge in [-0.1, -0.05) is 114 Å². The van der Waals surface area contributed by atoms with Crippen LogP contribution >= 0.6 is 0 Å². The number of anilines is 2. The maximum atomic E-state index is 14.4. The van der Waals surface area contributed by atoms with Gasteiger partial charge in [-0.05, 0) is 86.6 Å². The Balaban J connectivity index is 1.46. The van der Waals surface area contributed by atoms with Crippen molar-refractivity contribution < 1.29 is 25.4 Å². The second-order valence-electron chi connectivity index (χ2n) is 16.4. The van der Waals surface area contributed by atoms with Crippen molar-refractivity contribution in [1.82, 2.24) is 0 Å². The Hall–Kier alpha value is -4.25. The van der Waals surface area contributed by atoms with Gasteiger partial charge in [0.15, 0.2) is 7.05 Å². The molecule has 298 valence electrons. The van der Waals surface area contributed by atoms with Gasteiger partial charge in [0.05, 0.1) is 10.1 Å². The summed E-state index contributed by atoms with van der Waals surface area (Å²) in [5, 5.41) is 0. The van der Waals surface area contributed by atoms with E-state index >= 15 is 0 Å². The third-order valence-corrected chi connectivity index (χ3v) is 14.3. The molecule has 0 atom stereocenters. The van der Waals surface area contributed by atoms with Crippen LogP contribution in [0.25, 0.3) is 0 Å². The molecular weight excluding hydrogens is 739 g/mol. The molecule has 3 aromatic carbocycles. The van der Waals surface area contributed by atoms with E-state index in [0.29, 0.717) is 31.5 Å². The molecule has 6 rings (SSSR count). The number of hydrogen-bond donors (Lipinski definition) is 0. The lowest BCUT2D eigenvalue weighted by molar-refractivity contribution is -0.325. The minimum atomic E-state index is -4.29. The Bertz CT molecular complexity index is 2350. The molecule has 56 heavy (non-hydrogen) atoms. The molecule has 3 aromatic rings. The molecule has 0 amide bonds. The van der Waals surface area contributed by atoms with Gasteiger partial charge in [-0.25, -0.2) is 8.42 Å². The Morgan fingerprint density at radius 3 is 1.61 bits per heavy atom. The molecule has 10 heteroatoms. The van der Waals surface area contributed by atoms with Crippen LogP contribution in [0.2, 0.25) is 0 Å². The van der Waals surface area contributed by atoms with Crippen LogP contribution in [0.1, 0.15) is 96.3 Å². The fourth-order valence-electron chi connectivity index (χ4n) is 8.62. The molecule has 1 aliphatic carbocycles. The number of rotatable bonds is 13. The van der Waals surface area contributed by atoms with Crippen molar-refractivity contribution in [3.8, 4) is 0 Å². The molecular formula is C46H57N3O5S2. The van der Waals surface area contributed by atoms with E-state index in [9.17, 15) is 21.4 Å². The van der Waals surface area contributed by atoms with Gasteiger partial charge in [0.25, 0.3) is 0 Å². The van der Waals surface area contributed by atoms with Crippen LogP contribution in [0, 0.1) is 6.92 Å². The molecule has 0 radical (unpaired) electrons. The summed E-state index contributed by atoms with van der Waals surface area (Å²) in [5.74, 6) is -0.389. The molecule has 8 nitrogen and oxygen atoms in total. The number of sulfonamides is 1. The quantitative estimate of drug-likeness (QED) is 0.0966. The first kappa shape index (κ1) is 41.4. The summed E-state index contributed by atoms with van der Waals surface area (Å²) in [6.45, 7) is 14.5. The lowest BCUT2D eigenvalue weighted by Gasteiger charge is -2.27. The van der Waals surface area contributed by atoms with Crippen LogP contribution in [0.5, 0.6) is 0 Å². The maximum Gasteiger partial charge on any atom is 0.395 e. The Labute approximate surface area is 335 Å². The van der Waals surface area contributed by atoms with Crippen LogP contribution in [-0.2, 0) is 31.0 Å². The molecule has 2 heterocycles. The predicted molar refractivity (Wildman–Crippen MR) is 228 cm³/mol. The van der Waals surface area contributed by atoms with Crippen molar-refractivity contribution in [1.29, 1.82) is 0 Å². The highest BCUT2D eigenvalue weighted by Gasteiger charge is 2.42. The minimum Gasteiger partial charge on any atom is -0.748 e. The molecule has 0 bridgehead atoms. The number of fused-ring (bicyclic) bond motifs is 2. The average molecular weight is 796 g/mol. The smallest absolute Gasteiger partial charge is 0.395 e. The molecule has 0 N–H and O–H groups in total. The van der Waals surface area contributed by atoms with E-state index < -0.39 is 20.1 Å². The molecule has 1 saturated carbocycles. The molecule has 0 spiro atoms. The third-order valence-electron chi connectivity index (χ3n) is 11.8. The minimum absolute atomic E-state index is 0.230. The number of unbranched alkanes of at least 4 members (excludes halogenated alkanes) is 3. The first-order chi connectivity index (χ1) is 26.5. The average Bonchev–Trinajstić information content (AvgIpc) is 3.72. The number of para-hydroxylation sites is 2. The normalized spacial score (nSPS) is 21.4. The van der Waals surface area contributed by atoms with Crippen LogP contribution in [0.3, 0.4) is 0 Å². The molecule has 3 aliphatic rings. The third kappa shape index (κ3) is 8.25. The van der Waals surface area contributed by atoms with E-state index in [1.165, 1.54) is 20.9 Å². The molecule has 2 aliphatic heterocycles. The summed E-state index contributed by atoms with van der Waals surface area (Å²) in [7, 11) is -6.53. The monoisotopic (exact) mass is 795 g/mol. The summed E-state index contributed by atoms with van der Waals surface area (Å²) in [4.78, 5) is 4.92. The van der Waals surface area contributed by atoms with E-state index in [-0.39, 0.29) is 27.9 Å². The lowest BCUT2D eigenvalue weighted by atomic mass is 9.83. The fourth-order valence-corrected chi connectivity index (χ4v) is 10.5. The van der Waals surface area contributed by atoms with Gasteiger partial charge in [-0.3, -0.25) is 0 Å². The van der Waals surface area contributed by atoms with Crippen molar-refractivity contribution in [3.63, 3.8) is 0 Å². The molecule has 0 saturated heterocycles. The Kier molecular flexibility index (Phi) is 12.1. The highest BCUT2D eigenvalue weighted by molar-refractivity contribution is 7.85. The fraction of sp³-hybridized carbons (Fsp3) is 0.413. The van der Waals surface area contributed by atoms with Crippen LogP contribution < -0.4 is 9.80 Å². The zero-order chi connectivity index (χ0) is 40.5. The van der Waals surface area contributed by atoms with Gasteiger partial charge in [0.2, 0.25) is 5.71 Å². The van der Waals surface area contributed by atoms with E-state index in [4.69, 9.17) is 0 Å². The van der Waals surface area contributed by atoms with Gasteiger partial charge in [0.1, 0.15) is 4.90 Å². The second-order valence-corrected chi connectivity index (χ2v) is 19.9. The number of benzene rings is 3. The summed E-state index contributed by atoms with van der Waals surface area (Å²) < 4.78 is 64.2. The first-order valence-corrected chi connectivity index (χ1v) is 22.9. The molecule has 1 fully saturated rings. The number of aryl methyl sites for hydroxylation is 1. The summed E-state index contributed by atoms with van der Waals surface area (Å²) >= 11 is 0. The molecule has 0 unspecified atom stereocenters. The van der Waals surface area contributed by atoms with Crippen LogP contribution in [0.15, 0.2) is 125 Å². The van der Waals surface area contributed by atoms with E-state index in [1.54, 1.807) is 19.2 Å². The highest BCUT2D eigenvalue weighted by atomic mass is 32.2. The number of nitrogens with zero attached hydrogens (tertiary/aromatic N) is 3. The lowest BCUT2D eigenvalue weighted by Crippen LogP contribution is -2.28. The van der Waals surface area contributed by atoms with Gasteiger partial charge >= 0.3 is 10.0 Å². The van der Waals surface area contributed by atoms with Gasteiger partial charge in [-0.15, -0.1) is 3.98 Å². The van der Waals surface area contributed by atoms with Crippen molar-refractivity contribution in [2.24, 2.45) is 0 Å². The van der Waals surface area contributed by atoms with E-state index in [0.717, 1.165) is 59.5 Å². The van der Waals surface area contributed by atoms with E-state index in [1.807, 2.05) is 31.2 Å². The SMILES string of the molecule is CCCCCN1/C(=C/C=C2\CCC(=C/C=C3/N(CCCCS(=O)(=O)[O-])c4ccccc4C3(C)C)\C2=[N+](\C)S(=O)(=O)c2ccc(C)cc2)C(C)(C)c2ccccc21. The van der Waals surface area contributed by atoms with Crippen molar-refractivity contribution in [3.05, 3.63) is 136 Å². The largest absolute Gasteiger partial charge is 0.748 e. The Morgan fingerprint density at radius 2 is 1.14 bits per heavy atom. The topological polar surface area (TPSA) is 101 Å². The number of allylic oxidation sites excluding steroid dienone is 8. The summed E-state index contributed by atoms with van der Waals surface area (Å²) in [5.41, 5.74) is 9.95.